The number of aryl methyl sites for hydroxylation is 1. The van der Waals surface area contributed by atoms with Crippen LogP contribution in [0.3, 0.4) is 0 Å². The Morgan fingerprint density at radius 1 is 1.37 bits per heavy atom. The van der Waals surface area contributed by atoms with Crippen LogP contribution in [0.4, 0.5) is 0 Å². The minimum atomic E-state index is 0.212. The molecule has 2 saturated heterocycles. The van der Waals surface area contributed by atoms with Crippen molar-refractivity contribution in [3.8, 4) is 0 Å². The molecule has 3 heterocycles. The largest absolute Gasteiger partial charge is 0.345 e. The molecule has 2 aliphatic heterocycles. The van der Waals surface area contributed by atoms with Gasteiger partial charge in [0.15, 0.2) is 0 Å². The van der Waals surface area contributed by atoms with Gasteiger partial charge in [-0.05, 0) is 31.4 Å². The zero-order valence-corrected chi connectivity index (χ0v) is 11.7. The van der Waals surface area contributed by atoms with Crippen LogP contribution >= 0.6 is 0 Å². The molecule has 4 heteroatoms. The van der Waals surface area contributed by atoms with Crippen molar-refractivity contribution >= 4 is 5.91 Å². The lowest BCUT2D eigenvalue weighted by molar-refractivity contribution is -0.137. The van der Waals surface area contributed by atoms with Crippen LogP contribution in [-0.4, -0.2) is 47.4 Å². The fourth-order valence-corrected chi connectivity index (χ4v) is 3.33. The first-order chi connectivity index (χ1) is 9.13. The summed E-state index contributed by atoms with van der Waals surface area (Å²) < 4.78 is 0. The van der Waals surface area contributed by atoms with Crippen LogP contribution in [0.2, 0.25) is 0 Å². The summed E-state index contributed by atoms with van der Waals surface area (Å²) in [7, 11) is 1.92. The average Bonchev–Trinajstić information content (AvgIpc) is 2.77. The molecular formula is C15H21N3O. The molecule has 4 nitrogen and oxygen atoms in total. The lowest BCUT2D eigenvalue weighted by Gasteiger charge is -2.30. The van der Waals surface area contributed by atoms with E-state index in [1.165, 1.54) is 0 Å². The summed E-state index contributed by atoms with van der Waals surface area (Å²) in [6.07, 6.45) is 1.14. The second-order valence-corrected chi connectivity index (χ2v) is 5.88. The van der Waals surface area contributed by atoms with Crippen molar-refractivity contribution in [3.63, 3.8) is 0 Å². The number of piperidine rings is 1. The van der Waals surface area contributed by atoms with Gasteiger partial charge in [-0.25, -0.2) is 0 Å². The highest BCUT2D eigenvalue weighted by Crippen LogP contribution is 2.32. The highest BCUT2D eigenvalue weighted by atomic mass is 16.2. The van der Waals surface area contributed by atoms with Gasteiger partial charge in [0.1, 0.15) is 0 Å². The number of pyridine rings is 1. The van der Waals surface area contributed by atoms with Crippen LogP contribution in [-0.2, 0) is 11.3 Å². The zero-order chi connectivity index (χ0) is 13.4. The predicted octanol–water partition coefficient (Wildman–Crippen LogP) is 1.30. The van der Waals surface area contributed by atoms with E-state index in [1.54, 1.807) is 0 Å². The molecule has 0 unspecified atom stereocenters. The molecular weight excluding hydrogens is 238 g/mol. The third kappa shape index (κ3) is 2.50. The molecule has 0 aromatic carbocycles. The maximum absolute atomic E-state index is 12.1. The first kappa shape index (κ1) is 12.6. The van der Waals surface area contributed by atoms with Crippen LogP contribution in [0.5, 0.6) is 0 Å². The van der Waals surface area contributed by atoms with Crippen LogP contribution in [0, 0.1) is 18.8 Å². The van der Waals surface area contributed by atoms with Crippen molar-refractivity contribution in [3.05, 3.63) is 29.6 Å². The Hall–Kier alpha value is -1.42. The maximum atomic E-state index is 12.1. The molecule has 2 fully saturated rings. The normalized spacial score (nSPS) is 27.7. The van der Waals surface area contributed by atoms with Gasteiger partial charge in [0.2, 0.25) is 5.91 Å². The standard InChI is InChI=1S/C15H21N3O/c1-11-4-3-5-13(16-11)9-18-8-12-6-7-17(2)15(19)14(12)10-18/h3-5,12,14H,6-10H2,1-2H3/t12-,14+/m1/s1. The Balaban J connectivity index is 1.67. The molecule has 0 bridgehead atoms. The second kappa shape index (κ2) is 4.93. The quantitative estimate of drug-likeness (QED) is 0.803. The van der Waals surface area contributed by atoms with Gasteiger partial charge in [-0.2, -0.15) is 0 Å². The summed E-state index contributed by atoms with van der Waals surface area (Å²) in [5, 5.41) is 0. The first-order valence-electron chi connectivity index (χ1n) is 7.03. The van der Waals surface area contributed by atoms with E-state index in [-0.39, 0.29) is 5.92 Å². The number of rotatable bonds is 2. The van der Waals surface area contributed by atoms with E-state index in [2.05, 4.69) is 22.0 Å². The van der Waals surface area contributed by atoms with Gasteiger partial charge >= 0.3 is 0 Å². The summed E-state index contributed by atoms with van der Waals surface area (Å²) in [5.74, 6) is 1.09. The Bertz CT molecular complexity index is 488. The Labute approximate surface area is 114 Å². The van der Waals surface area contributed by atoms with Crippen molar-refractivity contribution in [2.75, 3.05) is 26.7 Å². The summed E-state index contributed by atoms with van der Waals surface area (Å²) in [6.45, 7) is 5.73. The monoisotopic (exact) mass is 259 g/mol. The second-order valence-electron chi connectivity index (χ2n) is 5.88. The SMILES string of the molecule is Cc1cccc(CN2C[C@H]3CCN(C)C(=O)[C@H]3C2)n1. The molecule has 1 amide bonds. The first-order valence-corrected chi connectivity index (χ1v) is 7.03. The number of amides is 1. The number of fused-ring (bicyclic) bond motifs is 1. The molecule has 0 radical (unpaired) electrons. The molecule has 102 valence electrons. The molecule has 0 saturated carbocycles. The minimum absolute atomic E-state index is 0.212. The minimum Gasteiger partial charge on any atom is -0.345 e. The van der Waals surface area contributed by atoms with Crippen molar-refractivity contribution in [2.45, 2.75) is 19.9 Å². The van der Waals surface area contributed by atoms with E-state index in [0.29, 0.717) is 11.8 Å². The lowest BCUT2D eigenvalue weighted by Crippen LogP contribution is -2.42. The highest BCUT2D eigenvalue weighted by molar-refractivity contribution is 5.80. The predicted molar refractivity (Wildman–Crippen MR) is 73.5 cm³/mol. The number of hydrogen-bond acceptors (Lipinski definition) is 3. The summed E-state index contributed by atoms with van der Waals surface area (Å²) in [5.41, 5.74) is 2.17. The molecule has 3 rings (SSSR count). The summed E-state index contributed by atoms with van der Waals surface area (Å²) in [4.78, 5) is 21.0. The van der Waals surface area contributed by atoms with Gasteiger partial charge < -0.3 is 4.90 Å². The highest BCUT2D eigenvalue weighted by Gasteiger charge is 2.41. The van der Waals surface area contributed by atoms with Crippen molar-refractivity contribution in [1.29, 1.82) is 0 Å². The molecule has 0 spiro atoms. The molecule has 1 aromatic rings. The molecule has 19 heavy (non-hydrogen) atoms. The van der Waals surface area contributed by atoms with Crippen LogP contribution in [0.25, 0.3) is 0 Å². The Morgan fingerprint density at radius 2 is 2.21 bits per heavy atom. The fourth-order valence-electron chi connectivity index (χ4n) is 3.33. The zero-order valence-electron chi connectivity index (χ0n) is 11.7. The van der Waals surface area contributed by atoms with Gasteiger partial charge in [-0.15, -0.1) is 0 Å². The molecule has 1 aromatic heterocycles. The topological polar surface area (TPSA) is 36.4 Å². The van der Waals surface area contributed by atoms with Gasteiger partial charge in [0, 0.05) is 38.9 Å². The van der Waals surface area contributed by atoms with E-state index >= 15 is 0 Å². The van der Waals surface area contributed by atoms with Gasteiger partial charge in [0.25, 0.3) is 0 Å². The summed E-state index contributed by atoms with van der Waals surface area (Å²) in [6, 6.07) is 6.15. The van der Waals surface area contributed by atoms with E-state index < -0.39 is 0 Å². The molecule has 0 N–H and O–H groups in total. The number of likely N-dealkylation sites (tertiary alicyclic amines) is 2. The average molecular weight is 259 g/mol. The van der Waals surface area contributed by atoms with Crippen molar-refractivity contribution in [1.82, 2.24) is 14.8 Å². The van der Waals surface area contributed by atoms with Crippen molar-refractivity contribution in [2.24, 2.45) is 11.8 Å². The van der Waals surface area contributed by atoms with Crippen LogP contribution in [0.1, 0.15) is 17.8 Å². The van der Waals surface area contributed by atoms with Gasteiger partial charge in [-0.1, -0.05) is 6.07 Å². The van der Waals surface area contributed by atoms with Crippen molar-refractivity contribution < 1.29 is 4.79 Å². The maximum Gasteiger partial charge on any atom is 0.227 e. The number of carbonyl (C=O) groups excluding carboxylic acids is 1. The van der Waals surface area contributed by atoms with E-state index in [1.807, 2.05) is 24.9 Å². The van der Waals surface area contributed by atoms with E-state index in [4.69, 9.17) is 0 Å². The molecule has 2 atom stereocenters. The number of carbonyl (C=O) groups is 1. The fraction of sp³-hybridized carbons (Fsp3) is 0.600. The summed E-state index contributed by atoms with van der Waals surface area (Å²) >= 11 is 0. The third-order valence-electron chi connectivity index (χ3n) is 4.38. The Kier molecular flexibility index (Phi) is 3.27. The van der Waals surface area contributed by atoms with Gasteiger partial charge in [-0.3, -0.25) is 14.7 Å². The molecule has 2 aliphatic rings. The molecule has 0 aliphatic carbocycles. The van der Waals surface area contributed by atoms with Crippen LogP contribution in [0.15, 0.2) is 18.2 Å². The Morgan fingerprint density at radius 3 is 3.00 bits per heavy atom. The number of nitrogens with zero attached hydrogens (tertiary/aromatic N) is 3. The third-order valence-corrected chi connectivity index (χ3v) is 4.38. The smallest absolute Gasteiger partial charge is 0.227 e. The van der Waals surface area contributed by atoms with E-state index in [0.717, 1.165) is 44.0 Å². The lowest BCUT2D eigenvalue weighted by atomic mass is 9.88. The number of hydrogen-bond donors (Lipinski definition) is 0. The number of aromatic nitrogens is 1. The van der Waals surface area contributed by atoms with Crippen LogP contribution < -0.4 is 0 Å². The van der Waals surface area contributed by atoms with Gasteiger partial charge in [0.05, 0.1) is 11.6 Å². The van der Waals surface area contributed by atoms with E-state index in [9.17, 15) is 4.79 Å².